The van der Waals surface area contributed by atoms with Crippen LogP contribution in [0.5, 0.6) is 0 Å². The predicted molar refractivity (Wildman–Crippen MR) is 73.8 cm³/mol. The van der Waals surface area contributed by atoms with Crippen LogP contribution in [0.3, 0.4) is 0 Å². The third kappa shape index (κ3) is 3.43. The average Bonchev–Trinajstić information content (AvgIpc) is 3.02. The van der Waals surface area contributed by atoms with Crippen LogP contribution < -0.4 is 5.32 Å². The summed E-state index contributed by atoms with van der Waals surface area (Å²) in [5.41, 5.74) is 0.955. The van der Waals surface area contributed by atoms with Gasteiger partial charge in [0.1, 0.15) is 12.2 Å². The maximum absolute atomic E-state index is 12.0. The van der Waals surface area contributed by atoms with Crippen molar-refractivity contribution < 1.29 is 4.79 Å². The monoisotopic (exact) mass is 276 g/mol. The summed E-state index contributed by atoms with van der Waals surface area (Å²) in [5.74, 6) is 0.767. The van der Waals surface area contributed by atoms with Gasteiger partial charge >= 0.3 is 0 Å². The zero-order valence-electron chi connectivity index (χ0n) is 12.1. The molecular formula is C13H20N6O. The van der Waals surface area contributed by atoms with E-state index in [0.717, 1.165) is 17.9 Å². The number of carbonyl (C=O) groups excluding carboxylic acids is 1. The van der Waals surface area contributed by atoms with E-state index in [4.69, 9.17) is 0 Å². The number of aromatic nitrogens is 5. The van der Waals surface area contributed by atoms with Crippen LogP contribution >= 0.6 is 0 Å². The fraction of sp³-hybridized carbons (Fsp3) is 0.538. The number of hydrogen-bond donors (Lipinski definition) is 1. The summed E-state index contributed by atoms with van der Waals surface area (Å²) < 4.78 is 3.46. The average molecular weight is 276 g/mol. The Hall–Kier alpha value is -2.18. The summed E-state index contributed by atoms with van der Waals surface area (Å²) in [6.07, 6.45) is 4.55. The number of nitrogens with one attached hydrogen (secondary N) is 1. The van der Waals surface area contributed by atoms with Gasteiger partial charge < -0.3 is 5.32 Å². The summed E-state index contributed by atoms with van der Waals surface area (Å²) in [5, 5.41) is 11.3. The highest BCUT2D eigenvalue weighted by Gasteiger charge is 2.17. The van der Waals surface area contributed by atoms with Gasteiger partial charge in [0.05, 0.1) is 11.7 Å². The van der Waals surface area contributed by atoms with Gasteiger partial charge in [-0.1, -0.05) is 6.92 Å². The molecule has 20 heavy (non-hydrogen) atoms. The minimum absolute atomic E-state index is 0.00648. The third-order valence-electron chi connectivity index (χ3n) is 3.14. The lowest BCUT2D eigenvalue weighted by atomic mass is 10.2. The molecule has 7 nitrogen and oxygen atoms in total. The van der Waals surface area contributed by atoms with Crippen LogP contribution in [0, 0.1) is 6.92 Å². The molecule has 108 valence electrons. The first-order chi connectivity index (χ1) is 9.60. The van der Waals surface area contributed by atoms with E-state index in [-0.39, 0.29) is 11.9 Å². The van der Waals surface area contributed by atoms with Crippen molar-refractivity contribution in [2.45, 2.75) is 39.3 Å². The predicted octanol–water partition coefficient (Wildman–Crippen LogP) is 0.978. The number of hydrogen-bond acceptors (Lipinski definition) is 4. The fourth-order valence-electron chi connectivity index (χ4n) is 2.04. The van der Waals surface area contributed by atoms with E-state index >= 15 is 0 Å². The highest BCUT2D eigenvalue weighted by Crippen LogP contribution is 2.12. The largest absolute Gasteiger partial charge is 0.346 e. The number of aryl methyl sites for hydroxylation is 3. The van der Waals surface area contributed by atoms with Crippen molar-refractivity contribution in [1.29, 1.82) is 0 Å². The first-order valence-electron chi connectivity index (χ1n) is 6.73. The molecule has 0 aliphatic carbocycles. The summed E-state index contributed by atoms with van der Waals surface area (Å²) in [4.78, 5) is 16.2. The number of amides is 1. The normalized spacial score (nSPS) is 12.3. The lowest BCUT2D eigenvalue weighted by molar-refractivity contribution is -0.122. The van der Waals surface area contributed by atoms with E-state index < -0.39 is 0 Å². The van der Waals surface area contributed by atoms with Gasteiger partial charge in [-0.05, 0) is 19.4 Å². The maximum atomic E-state index is 12.0. The summed E-state index contributed by atoms with van der Waals surface area (Å²) >= 11 is 0. The van der Waals surface area contributed by atoms with Gasteiger partial charge in [-0.3, -0.25) is 14.2 Å². The number of carbonyl (C=O) groups is 1. The Balaban J connectivity index is 1.88. The standard InChI is InChI=1S/C13H20N6O/c1-4-11(13-14-9-15-18(13)3)16-12(20)6-8-19-7-5-10(2)17-19/h5,7,9,11H,4,6,8H2,1-3H3,(H,16,20)/t11-/m1/s1. The van der Waals surface area contributed by atoms with Gasteiger partial charge in [-0.25, -0.2) is 4.98 Å². The van der Waals surface area contributed by atoms with Crippen LogP contribution in [-0.4, -0.2) is 30.5 Å². The molecule has 0 aromatic carbocycles. The molecule has 0 radical (unpaired) electrons. The Morgan fingerprint density at radius 3 is 2.85 bits per heavy atom. The summed E-state index contributed by atoms with van der Waals surface area (Å²) in [6, 6.07) is 1.82. The molecule has 2 aromatic heterocycles. The van der Waals surface area contributed by atoms with E-state index in [1.165, 1.54) is 6.33 Å². The molecule has 0 bridgehead atoms. The van der Waals surface area contributed by atoms with Crippen molar-refractivity contribution in [3.8, 4) is 0 Å². The Kier molecular flexibility index (Phi) is 4.49. The molecule has 1 amide bonds. The topological polar surface area (TPSA) is 77.6 Å². The molecule has 2 heterocycles. The van der Waals surface area contributed by atoms with Crippen molar-refractivity contribution in [3.05, 3.63) is 30.1 Å². The molecule has 2 rings (SSSR count). The van der Waals surface area contributed by atoms with Gasteiger partial charge in [0.2, 0.25) is 5.91 Å². The Morgan fingerprint density at radius 2 is 2.30 bits per heavy atom. The Morgan fingerprint density at radius 1 is 1.50 bits per heavy atom. The van der Waals surface area contributed by atoms with E-state index in [1.54, 1.807) is 9.36 Å². The van der Waals surface area contributed by atoms with Crippen molar-refractivity contribution in [3.63, 3.8) is 0 Å². The smallest absolute Gasteiger partial charge is 0.222 e. The van der Waals surface area contributed by atoms with Crippen LogP contribution in [-0.2, 0) is 18.4 Å². The highest BCUT2D eigenvalue weighted by molar-refractivity contribution is 5.76. The molecule has 2 aromatic rings. The van der Waals surface area contributed by atoms with E-state index in [2.05, 4.69) is 20.5 Å². The molecule has 1 N–H and O–H groups in total. The first-order valence-corrected chi connectivity index (χ1v) is 6.73. The van der Waals surface area contributed by atoms with Crippen molar-refractivity contribution in [1.82, 2.24) is 29.9 Å². The van der Waals surface area contributed by atoms with Crippen molar-refractivity contribution in [2.75, 3.05) is 0 Å². The molecule has 0 aliphatic heterocycles. The second-order valence-corrected chi connectivity index (χ2v) is 4.74. The molecular weight excluding hydrogens is 256 g/mol. The van der Waals surface area contributed by atoms with E-state index in [0.29, 0.717) is 13.0 Å². The molecule has 0 unspecified atom stereocenters. The Labute approximate surface area is 118 Å². The van der Waals surface area contributed by atoms with Crippen molar-refractivity contribution in [2.24, 2.45) is 7.05 Å². The second-order valence-electron chi connectivity index (χ2n) is 4.74. The minimum atomic E-state index is -0.102. The maximum Gasteiger partial charge on any atom is 0.222 e. The van der Waals surface area contributed by atoms with Crippen LogP contribution in [0.15, 0.2) is 18.6 Å². The second kappa shape index (κ2) is 6.31. The lowest BCUT2D eigenvalue weighted by Crippen LogP contribution is -2.30. The van der Waals surface area contributed by atoms with Gasteiger partial charge in [-0.2, -0.15) is 10.2 Å². The first kappa shape index (κ1) is 14.2. The van der Waals surface area contributed by atoms with Crippen LogP contribution in [0.1, 0.15) is 37.3 Å². The van der Waals surface area contributed by atoms with Gasteiger partial charge in [0.15, 0.2) is 0 Å². The van der Waals surface area contributed by atoms with Gasteiger partial charge in [0.25, 0.3) is 0 Å². The van der Waals surface area contributed by atoms with Crippen LogP contribution in [0.2, 0.25) is 0 Å². The summed E-state index contributed by atoms with van der Waals surface area (Å²) in [7, 11) is 1.82. The number of nitrogens with zero attached hydrogens (tertiary/aromatic N) is 5. The molecule has 1 atom stereocenters. The fourth-order valence-corrected chi connectivity index (χ4v) is 2.04. The minimum Gasteiger partial charge on any atom is -0.346 e. The molecule has 0 aliphatic rings. The quantitative estimate of drug-likeness (QED) is 0.853. The lowest BCUT2D eigenvalue weighted by Gasteiger charge is -2.16. The highest BCUT2D eigenvalue weighted by atomic mass is 16.1. The van der Waals surface area contributed by atoms with Gasteiger partial charge in [0, 0.05) is 26.2 Å². The van der Waals surface area contributed by atoms with Gasteiger partial charge in [-0.15, -0.1) is 0 Å². The summed E-state index contributed by atoms with van der Waals surface area (Å²) in [6.45, 7) is 4.52. The van der Waals surface area contributed by atoms with Crippen LogP contribution in [0.25, 0.3) is 0 Å². The van der Waals surface area contributed by atoms with E-state index in [9.17, 15) is 4.79 Å². The molecule has 0 saturated carbocycles. The van der Waals surface area contributed by atoms with Crippen molar-refractivity contribution >= 4 is 5.91 Å². The van der Waals surface area contributed by atoms with E-state index in [1.807, 2.05) is 33.2 Å². The molecule has 0 saturated heterocycles. The zero-order chi connectivity index (χ0) is 14.5. The SMILES string of the molecule is CC[C@@H](NC(=O)CCn1ccc(C)n1)c1ncnn1C. The zero-order valence-corrected chi connectivity index (χ0v) is 12.1. The Bertz CT molecular complexity index is 573. The number of rotatable bonds is 6. The molecule has 0 spiro atoms. The molecule has 7 heteroatoms. The van der Waals surface area contributed by atoms with Crippen LogP contribution in [0.4, 0.5) is 0 Å². The molecule has 0 fully saturated rings. The third-order valence-corrected chi connectivity index (χ3v) is 3.14.